The van der Waals surface area contributed by atoms with Gasteiger partial charge in [-0.15, -0.1) is 0 Å². The normalized spacial score (nSPS) is 10.6. The Balaban J connectivity index is 3.37. The Hall–Kier alpha value is -1.66. The molecule has 0 N–H and O–H groups in total. The van der Waals surface area contributed by atoms with Crippen LogP contribution in [-0.2, 0) is 0 Å². The molecule has 0 saturated heterocycles. The molecule has 0 radical (unpaired) electrons. The van der Waals surface area contributed by atoms with E-state index in [0.717, 1.165) is 4.90 Å². The zero-order valence-electron chi connectivity index (χ0n) is 9.66. The van der Waals surface area contributed by atoms with Gasteiger partial charge in [-0.3, -0.25) is 4.79 Å². The number of nitrogens with zero attached hydrogens (tertiary/aromatic N) is 1. The van der Waals surface area contributed by atoms with Crippen molar-refractivity contribution in [2.75, 3.05) is 13.6 Å². The summed E-state index contributed by atoms with van der Waals surface area (Å²) < 4.78 is 65.1. The van der Waals surface area contributed by atoms with Crippen molar-refractivity contribution in [3.8, 4) is 0 Å². The zero-order chi connectivity index (χ0) is 14.0. The molecular weight excluding hydrogens is 257 g/mol. The summed E-state index contributed by atoms with van der Waals surface area (Å²) in [5, 5.41) is 0. The van der Waals surface area contributed by atoms with Crippen LogP contribution in [0.4, 0.5) is 22.0 Å². The average molecular weight is 267 g/mol. The first-order chi connectivity index (χ1) is 8.32. The number of hydrogen-bond acceptors (Lipinski definition) is 1. The number of hydrogen-bond donors (Lipinski definition) is 0. The SMILES string of the molecule is CCCN(C)C(=O)c1c(F)c(F)c(F)c(F)c1F. The second kappa shape index (κ2) is 5.32. The minimum atomic E-state index is -2.28. The smallest absolute Gasteiger partial charge is 0.259 e. The molecule has 0 fully saturated rings. The predicted octanol–water partition coefficient (Wildman–Crippen LogP) is 2.86. The van der Waals surface area contributed by atoms with Crippen LogP contribution in [0.3, 0.4) is 0 Å². The van der Waals surface area contributed by atoms with E-state index in [0.29, 0.717) is 6.42 Å². The summed E-state index contributed by atoms with van der Waals surface area (Å²) in [6.07, 6.45) is 0.484. The van der Waals surface area contributed by atoms with E-state index < -0.39 is 40.6 Å². The second-order valence-electron chi connectivity index (χ2n) is 3.67. The molecule has 0 aliphatic rings. The van der Waals surface area contributed by atoms with E-state index in [-0.39, 0.29) is 6.54 Å². The summed E-state index contributed by atoms with van der Waals surface area (Å²) in [5.74, 6) is -12.0. The van der Waals surface area contributed by atoms with E-state index in [1.165, 1.54) is 7.05 Å². The van der Waals surface area contributed by atoms with Crippen LogP contribution in [-0.4, -0.2) is 24.4 Å². The van der Waals surface area contributed by atoms with Gasteiger partial charge >= 0.3 is 0 Å². The molecule has 100 valence electrons. The number of carbonyl (C=O) groups is 1. The van der Waals surface area contributed by atoms with E-state index in [4.69, 9.17) is 0 Å². The Morgan fingerprint density at radius 1 is 0.944 bits per heavy atom. The van der Waals surface area contributed by atoms with Crippen LogP contribution in [0.2, 0.25) is 0 Å². The van der Waals surface area contributed by atoms with Gasteiger partial charge in [0.2, 0.25) is 5.82 Å². The van der Waals surface area contributed by atoms with Gasteiger partial charge in [-0.25, -0.2) is 22.0 Å². The molecule has 0 heterocycles. The zero-order valence-corrected chi connectivity index (χ0v) is 9.66. The van der Waals surface area contributed by atoms with Crippen molar-refractivity contribution < 1.29 is 26.7 Å². The predicted molar refractivity (Wildman–Crippen MR) is 53.5 cm³/mol. The van der Waals surface area contributed by atoms with Crippen molar-refractivity contribution in [1.29, 1.82) is 0 Å². The van der Waals surface area contributed by atoms with Crippen molar-refractivity contribution in [2.45, 2.75) is 13.3 Å². The van der Waals surface area contributed by atoms with Crippen LogP contribution >= 0.6 is 0 Å². The van der Waals surface area contributed by atoms with Crippen molar-refractivity contribution >= 4 is 5.91 Å². The quantitative estimate of drug-likeness (QED) is 0.468. The molecule has 2 nitrogen and oxygen atoms in total. The molecule has 1 aromatic rings. The van der Waals surface area contributed by atoms with E-state index in [1.54, 1.807) is 6.92 Å². The molecular formula is C11H10F5NO. The molecule has 0 atom stereocenters. The third-order valence-corrected chi connectivity index (χ3v) is 2.33. The molecule has 0 unspecified atom stereocenters. The van der Waals surface area contributed by atoms with Crippen molar-refractivity contribution in [2.24, 2.45) is 0 Å². The Labute approximate surface area is 100 Å². The summed E-state index contributed by atoms with van der Waals surface area (Å²) in [4.78, 5) is 12.5. The third kappa shape index (κ3) is 2.30. The van der Waals surface area contributed by atoms with E-state index >= 15 is 0 Å². The fraction of sp³-hybridized carbons (Fsp3) is 0.364. The highest BCUT2D eigenvalue weighted by Gasteiger charge is 2.30. The maximum absolute atomic E-state index is 13.3. The molecule has 1 aromatic carbocycles. The maximum atomic E-state index is 13.3. The number of carbonyl (C=O) groups excluding carboxylic acids is 1. The van der Waals surface area contributed by atoms with Gasteiger partial charge in [-0.05, 0) is 6.42 Å². The van der Waals surface area contributed by atoms with Gasteiger partial charge in [0.05, 0.1) is 0 Å². The van der Waals surface area contributed by atoms with Gasteiger partial charge in [0.25, 0.3) is 5.91 Å². The largest absolute Gasteiger partial charge is 0.342 e. The monoisotopic (exact) mass is 267 g/mol. The van der Waals surface area contributed by atoms with Crippen LogP contribution in [0.1, 0.15) is 23.7 Å². The maximum Gasteiger partial charge on any atom is 0.259 e. The molecule has 0 spiro atoms. The highest BCUT2D eigenvalue weighted by atomic mass is 19.2. The van der Waals surface area contributed by atoms with Gasteiger partial charge in [-0.2, -0.15) is 0 Å². The Morgan fingerprint density at radius 2 is 1.33 bits per heavy atom. The van der Waals surface area contributed by atoms with Crippen LogP contribution in [0.25, 0.3) is 0 Å². The van der Waals surface area contributed by atoms with Gasteiger partial charge in [0.15, 0.2) is 23.3 Å². The number of amides is 1. The summed E-state index contributed by atoms with van der Waals surface area (Å²) in [7, 11) is 1.21. The lowest BCUT2D eigenvalue weighted by molar-refractivity contribution is 0.0782. The molecule has 0 aromatic heterocycles. The van der Waals surface area contributed by atoms with E-state index in [1.807, 2.05) is 0 Å². The fourth-order valence-corrected chi connectivity index (χ4v) is 1.42. The van der Waals surface area contributed by atoms with Gasteiger partial charge in [0.1, 0.15) is 5.56 Å². The standard InChI is InChI=1S/C11H10F5NO/c1-3-4-17(2)11(18)5-6(12)8(14)10(16)9(15)7(5)13/h3-4H2,1-2H3. The highest BCUT2D eigenvalue weighted by Crippen LogP contribution is 2.23. The third-order valence-electron chi connectivity index (χ3n) is 2.33. The summed E-state index contributed by atoms with van der Waals surface area (Å²) >= 11 is 0. The van der Waals surface area contributed by atoms with E-state index in [2.05, 4.69) is 0 Å². The lowest BCUT2D eigenvalue weighted by atomic mass is 10.1. The summed E-state index contributed by atoms with van der Waals surface area (Å²) in [6.45, 7) is 1.83. The number of halogens is 5. The fourth-order valence-electron chi connectivity index (χ4n) is 1.42. The highest BCUT2D eigenvalue weighted by molar-refractivity contribution is 5.94. The Morgan fingerprint density at radius 3 is 1.72 bits per heavy atom. The Kier molecular flexibility index (Phi) is 4.26. The van der Waals surface area contributed by atoms with Crippen LogP contribution in [0, 0.1) is 29.1 Å². The van der Waals surface area contributed by atoms with Crippen molar-refractivity contribution in [3.63, 3.8) is 0 Å². The topological polar surface area (TPSA) is 20.3 Å². The van der Waals surface area contributed by atoms with E-state index in [9.17, 15) is 26.7 Å². The first kappa shape index (κ1) is 14.4. The van der Waals surface area contributed by atoms with Gasteiger partial charge < -0.3 is 4.90 Å². The van der Waals surface area contributed by atoms with Crippen LogP contribution < -0.4 is 0 Å². The lowest BCUT2D eigenvalue weighted by Gasteiger charge is -2.17. The molecule has 18 heavy (non-hydrogen) atoms. The number of rotatable bonds is 3. The molecule has 1 rings (SSSR count). The molecule has 1 amide bonds. The minimum absolute atomic E-state index is 0.137. The molecule has 0 saturated carbocycles. The second-order valence-corrected chi connectivity index (χ2v) is 3.67. The first-order valence-electron chi connectivity index (χ1n) is 5.09. The average Bonchev–Trinajstić information content (AvgIpc) is 2.34. The first-order valence-corrected chi connectivity index (χ1v) is 5.09. The Bertz CT molecular complexity index is 460. The van der Waals surface area contributed by atoms with Crippen molar-refractivity contribution in [3.05, 3.63) is 34.6 Å². The minimum Gasteiger partial charge on any atom is -0.342 e. The summed E-state index contributed by atoms with van der Waals surface area (Å²) in [5.41, 5.74) is -1.43. The lowest BCUT2D eigenvalue weighted by Crippen LogP contribution is -2.30. The summed E-state index contributed by atoms with van der Waals surface area (Å²) in [6, 6.07) is 0. The molecule has 7 heteroatoms. The van der Waals surface area contributed by atoms with Crippen LogP contribution in [0.5, 0.6) is 0 Å². The molecule has 0 aliphatic heterocycles. The molecule has 0 bridgehead atoms. The number of benzene rings is 1. The van der Waals surface area contributed by atoms with Crippen molar-refractivity contribution in [1.82, 2.24) is 4.90 Å². The molecule has 0 aliphatic carbocycles. The van der Waals surface area contributed by atoms with Gasteiger partial charge in [0, 0.05) is 13.6 Å². The van der Waals surface area contributed by atoms with Crippen LogP contribution in [0.15, 0.2) is 0 Å². The van der Waals surface area contributed by atoms with Gasteiger partial charge in [-0.1, -0.05) is 6.92 Å².